The predicted octanol–water partition coefficient (Wildman–Crippen LogP) is 2.27. The number of aromatic nitrogens is 4. The van der Waals surface area contributed by atoms with E-state index in [1.54, 1.807) is 25.7 Å². The van der Waals surface area contributed by atoms with E-state index >= 15 is 0 Å². The third kappa shape index (κ3) is 1.75. The van der Waals surface area contributed by atoms with Crippen molar-refractivity contribution in [2.75, 3.05) is 7.11 Å². The molecule has 0 aliphatic heterocycles. The van der Waals surface area contributed by atoms with E-state index in [9.17, 15) is 0 Å². The molecule has 0 saturated carbocycles. The maximum Gasteiger partial charge on any atom is 0.212 e. The van der Waals surface area contributed by atoms with Crippen LogP contribution in [0.1, 0.15) is 0 Å². The molecule has 1 N–H and O–H groups in total. The van der Waals surface area contributed by atoms with Crippen molar-refractivity contribution in [1.82, 2.24) is 19.5 Å². The van der Waals surface area contributed by atoms with E-state index in [2.05, 4.69) is 15.0 Å². The fraction of sp³-hybridized carbons (Fsp3) is 0.0769. The molecule has 5 heteroatoms. The standard InChI is InChI=1S/C13H12N4O/c1-18-11-4-2-10(3-5-11)12-14-8-9-17(12)13-15-6-7-16-13/h2-9H,1H3,(H,15,16). The lowest BCUT2D eigenvalue weighted by Crippen LogP contribution is -1.98. The number of ether oxygens (including phenoxy) is 1. The summed E-state index contributed by atoms with van der Waals surface area (Å²) in [5.74, 6) is 2.42. The molecule has 1 aromatic carbocycles. The molecule has 5 nitrogen and oxygen atoms in total. The maximum absolute atomic E-state index is 5.14. The van der Waals surface area contributed by atoms with Crippen molar-refractivity contribution in [1.29, 1.82) is 0 Å². The fourth-order valence-corrected chi connectivity index (χ4v) is 1.82. The highest BCUT2D eigenvalue weighted by atomic mass is 16.5. The molecule has 2 heterocycles. The number of hydrogen-bond acceptors (Lipinski definition) is 3. The van der Waals surface area contributed by atoms with Gasteiger partial charge in [-0.1, -0.05) is 0 Å². The van der Waals surface area contributed by atoms with Crippen LogP contribution in [0.2, 0.25) is 0 Å². The van der Waals surface area contributed by atoms with Crippen LogP contribution in [-0.4, -0.2) is 26.6 Å². The van der Waals surface area contributed by atoms with Gasteiger partial charge in [0.25, 0.3) is 0 Å². The van der Waals surface area contributed by atoms with E-state index in [4.69, 9.17) is 4.74 Å². The van der Waals surface area contributed by atoms with Gasteiger partial charge in [-0.25, -0.2) is 9.97 Å². The summed E-state index contributed by atoms with van der Waals surface area (Å²) >= 11 is 0. The topological polar surface area (TPSA) is 55.7 Å². The van der Waals surface area contributed by atoms with Crippen molar-refractivity contribution in [2.24, 2.45) is 0 Å². The summed E-state index contributed by atoms with van der Waals surface area (Å²) < 4.78 is 7.05. The lowest BCUT2D eigenvalue weighted by atomic mass is 10.2. The molecule has 90 valence electrons. The highest BCUT2D eigenvalue weighted by Gasteiger charge is 2.08. The van der Waals surface area contributed by atoms with Gasteiger partial charge >= 0.3 is 0 Å². The number of H-pyrrole nitrogens is 1. The summed E-state index contributed by atoms with van der Waals surface area (Å²) in [6, 6.07) is 7.77. The van der Waals surface area contributed by atoms with Crippen LogP contribution < -0.4 is 4.74 Å². The molecule has 0 fully saturated rings. The number of hydrogen-bond donors (Lipinski definition) is 1. The molecule has 0 aliphatic carbocycles. The summed E-state index contributed by atoms with van der Waals surface area (Å²) in [6.07, 6.45) is 7.13. The predicted molar refractivity (Wildman–Crippen MR) is 67.7 cm³/mol. The highest BCUT2D eigenvalue weighted by molar-refractivity contribution is 5.58. The second-order valence-electron chi connectivity index (χ2n) is 3.76. The van der Waals surface area contributed by atoms with Crippen molar-refractivity contribution in [2.45, 2.75) is 0 Å². The normalized spacial score (nSPS) is 10.5. The van der Waals surface area contributed by atoms with Crippen LogP contribution in [0.15, 0.2) is 49.1 Å². The summed E-state index contributed by atoms with van der Waals surface area (Å²) in [7, 11) is 1.65. The Morgan fingerprint density at radius 3 is 2.61 bits per heavy atom. The molecular weight excluding hydrogens is 228 g/mol. The van der Waals surface area contributed by atoms with Crippen molar-refractivity contribution in [3.05, 3.63) is 49.1 Å². The van der Waals surface area contributed by atoms with Crippen molar-refractivity contribution in [3.63, 3.8) is 0 Å². The minimum absolute atomic E-state index is 0.748. The van der Waals surface area contributed by atoms with Crippen molar-refractivity contribution >= 4 is 0 Å². The molecule has 3 rings (SSSR count). The second-order valence-corrected chi connectivity index (χ2v) is 3.76. The molecule has 0 unspecified atom stereocenters. The summed E-state index contributed by atoms with van der Waals surface area (Å²) in [5.41, 5.74) is 1.01. The summed E-state index contributed by atoms with van der Waals surface area (Å²) in [6.45, 7) is 0. The van der Waals surface area contributed by atoms with E-state index in [1.165, 1.54) is 0 Å². The molecule has 0 saturated heterocycles. The Balaban J connectivity index is 2.04. The maximum atomic E-state index is 5.14. The molecule has 0 aliphatic rings. The summed E-state index contributed by atoms with van der Waals surface area (Å²) in [4.78, 5) is 11.6. The molecule has 0 spiro atoms. The first-order valence-corrected chi connectivity index (χ1v) is 5.56. The van der Waals surface area contributed by atoms with Gasteiger partial charge in [0.15, 0.2) is 0 Å². The van der Waals surface area contributed by atoms with Crippen LogP contribution in [-0.2, 0) is 0 Å². The van der Waals surface area contributed by atoms with Crippen molar-refractivity contribution in [3.8, 4) is 23.1 Å². The van der Waals surface area contributed by atoms with Gasteiger partial charge in [0.1, 0.15) is 11.6 Å². The third-order valence-corrected chi connectivity index (χ3v) is 2.70. The first-order valence-electron chi connectivity index (χ1n) is 5.56. The Morgan fingerprint density at radius 1 is 1.11 bits per heavy atom. The van der Waals surface area contributed by atoms with Crippen LogP contribution in [0.3, 0.4) is 0 Å². The first kappa shape index (κ1) is 10.6. The van der Waals surface area contributed by atoms with E-state index in [0.29, 0.717) is 0 Å². The number of rotatable bonds is 3. The van der Waals surface area contributed by atoms with Crippen molar-refractivity contribution < 1.29 is 4.74 Å². The van der Waals surface area contributed by atoms with Crippen LogP contribution in [0.4, 0.5) is 0 Å². The fourth-order valence-electron chi connectivity index (χ4n) is 1.82. The summed E-state index contributed by atoms with van der Waals surface area (Å²) in [5, 5.41) is 0. The Labute approximate surface area is 104 Å². The number of methoxy groups -OCH3 is 1. The Hall–Kier alpha value is -2.56. The largest absolute Gasteiger partial charge is 0.497 e. The minimum atomic E-state index is 0.748. The minimum Gasteiger partial charge on any atom is -0.497 e. The van der Waals surface area contributed by atoms with Crippen LogP contribution in [0, 0.1) is 0 Å². The molecule has 2 aromatic heterocycles. The third-order valence-electron chi connectivity index (χ3n) is 2.70. The van der Waals surface area contributed by atoms with Gasteiger partial charge in [0.05, 0.1) is 7.11 Å². The molecule has 18 heavy (non-hydrogen) atoms. The molecule has 0 radical (unpaired) electrons. The molecule has 0 amide bonds. The molecular formula is C13H12N4O. The van der Waals surface area contributed by atoms with Gasteiger partial charge in [-0.2, -0.15) is 0 Å². The van der Waals surface area contributed by atoms with Crippen LogP contribution in [0.25, 0.3) is 17.3 Å². The number of benzene rings is 1. The van der Waals surface area contributed by atoms with Gasteiger partial charge in [-0.05, 0) is 24.3 Å². The average molecular weight is 240 g/mol. The van der Waals surface area contributed by atoms with Gasteiger partial charge in [0.2, 0.25) is 5.95 Å². The molecule has 0 bridgehead atoms. The van der Waals surface area contributed by atoms with Gasteiger partial charge in [0, 0.05) is 30.4 Å². The number of imidazole rings is 2. The number of nitrogens with zero attached hydrogens (tertiary/aromatic N) is 3. The SMILES string of the molecule is COc1ccc(-c2nccn2-c2ncc[nH]2)cc1. The zero-order valence-corrected chi connectivity index (χ0v) is 9.87. The highest BCUT2D eigenvalue weighted by Crippen LogP contribution is 2.22. The van der Waals surface area contributed by atoms with E-state index in [-0.39, 0.29) is 0 Å². The zero-order chi connectivity index (χ0) is 12.4. The lowest BCUT2D eigenvalue weighted by molar-refractivity contribution is 0.415. The Morgan fingerprint density at radius 2 is 1.94 bits per heavy atom. The average Bonchev–Trinajstić information content (AvgIpc) is 3.09. The van der Waals surface area contributed by atoms with Crippen LogP contribution in [0.5, 0.6) is 5.75 Å². The quantitative estimate of drug-likeness (QED) is 0.764. The molecule has 0 atom stereocenters. The smallest absolute Gasteiger partial charge is 0.212 e. The lowest BCUT2D eigenvalue weighted by Gasteiger charge is -2.05. The number of aromatic amines is 1. The molecule has 3 aromatic rings. The second kappa shape index (κ2) is 4.37. The number of nitrogens with one attached hydrogen (secondary N) is 1. The monoisotopic (exact) mass is 240 g/mol. The Kier molecular flexibility index (Phi) is 2.57. The van der Waals surface area contributed by atoms with Gasteiger partial charge in [-0.3, -0.25) is 4.57 Å². The first-order chi connectivity index (χ1) is 8.88. The van der Waals surface area contributed by atoms with E-state index in [1.807, 2.05) is 35.0 Å². The Bertz CT molecular complexity index is 625. The van der Waals surface area contributed by atoms with Gasteiger partial charge < -0.3 is 9.72 Å². The van der Waals surface area contributed by atoms with Crippen LogP contribution >= 0.6 is 0 Å². The van der Waals surface area contributed by atoms with Gasteiger partial charge in [-0.15, -0.1) is 0 Å². The zero-order valence-electron chi connectivity index (χ0n) is 9.87. The van der Waals surface area contributed by atoms with E-state index < -0.39 is 0 Å². The van der Waals surface area contributed by atoms with E-state index in [0.717, 1.165) is 23.1 Å².